The number of nitrogens with zero attached hydrogens (tertiary/aromatic N) is 1. The van der Waals surface area contributed by atoms with Crippen molar-refractivity contribution in [1.29, 1.82) is 0 Å². The quantitative estimate of drug-likeness (QED) is 0.148. The molecule has 0 amide bonds. The largest absolute Gasteiger partial charge is 0.477 e. The molecule has 0 atom stereocenters. The highest BCUT2D eigenvalue weighted by molar-refractivity contribution is 7.92. The second-order valence-corrected chi connectivity index (χ2v) is 13.0. The van der Waals surface area contributed by atoms with Crippen molar-refractivity contribution in [3.63, 3.8) is 0 Å². The number of alkyl halides is 6. The van der Waals surface area contributed by atoms with Gasteiger partial charge in [0.15, 0.2) is 15.6 Å². The van der Waals surface area contributed by atoms with Crippen LogP contribution in [0, 0.1) is 11.8 Å². The third-order valence-corrected chi connectivity index (χ3v) is 9.94. The summed E-state index contributed by atoms with van der Waals surface area (Å²) in [4.78, 5) is 15.9. The number of sulfone groups is 1. The second kappa shape index (κ2) is 11.9. The Labute approximate surface area is 223 Å². The summed E-state index contributed by atoms with van der Waals surface area (Å²) in [6, 6.07) is 6.65. The van der Waals surface area contributed by atoms with E-state index in [0.717, 1.165) is 25.0 Å². The number of hydrogen-bond donors (Lipinski definition) is 0. The van der Waals surface area contributed by atoms with Crippen molar-refractivity contribution in [1.82, 2.24) is 4.98 Å². The van der Waals surface area contributed by atoms with Crippen molar-refractivity contribution in [3.8, 4) is 5.88 Å². The van der Waals surface area contributed by atoms with Gasteiger partial charge in [0.25, 0.3) is 0 Å². The van der Waals surface area contributed by atoms with Crippen LogP contribution in [-0.4, -0.2) is 36.7 Å². The number of halogens is 6. The van der Waals surface area contributed by atoms with Gasteiger partial charge in [-0.2, -0.15) is 26.3 Å². The molecule has 0 aliphatic heterocycles. The Hall–Kier alpha value is -2.63. The number of rotatable bonds is 12. The Balaban J connectivity index is 1.42. The minimum atomic E-state index is -4.63. The maximum absolute atomic E-state index is 13.2. The lowest BCUT2D eigenvalue weighted by Gasteiger charge is -2.45. The Kier molecular flexibility index (Phi) is 9.39. The average Bonchev–Trinajstić information content (AvgIpc) is 2.81. The van der Waals surface area contributed by atoms with Crippen LogP contribution in [-0.2, 0) is 16.0 Å². The Morgan fingerprint density at radius 1 is 1.03 bits per heavy atom. The van der Waals surface area contributed by atoms with Gasteiger partial charge in [-0.25, -0.2) is 13.4 Å². The first kappa shape index (κ1) is 30.9. The van der Waals surface area contributed by atoms with Crippen molar-refractivity contribution in [3.05, 3.63) is 53.7 Å². The van der Waals surface area contributed by atoms with Crippen LogP contribution in [0.15, 0.2) is 47.5 Å². The first-order valence-corrected chi connectivity index (χ1v) is 14.1. The maximum Gasteiger partial charge on any atom is 0.416 e. The van der Waals surface area contributed by atoms with Gasteiger partial charge < -0.3 is 4.74 Å². The molecule has 1 heterocycles. The van der Waals surface area contributed by atoms with Gasteiger partial charge in [0.2, 0.25) is 5.88 Å². The number of Topliss-reactive ketones (excluding diaryl/α,β-unsaturated/α-hetero) is 1. The fraction of sp³-hybridized carbons (Fsp3) is 0.556. The number of unbranched alkanes of at least 4 members (excludes halogenated alkanes) is 1. The highest BCUT2D eigenvalue weighted by atomic mass is 32.2. The van der Waals surface area contributed by atoms with Crippen LogP contribution < -0.4 is 4.74 Å². The number of benzene rings is 1. The Morgan fingerprint density at radius 3 is 2.31 bits per heavy atom. The second-order valence-electron chi connectivity index (χ2n) is 10.4. The molecule has 12 heteroatoms. The maximum atomic E-state index is 13.2. The van der Waals surface area contributed by atoms with E-state index in [1.165, 1.54) is 24.4 Å². The van der Waals surface area contributed by atoms with Gasteiger partial charge in [0.1, 0.15) is 0 Å². The van der Waals surface area contributed by atoms with E-state index in [9.17, 15) is 39.6 Å². The zero-order valence-corrected chi connectivity index (χ0v) is 22.4. The standard InChI is InChI=1S/C27H31F6NO4S/c1-25(2,39(36,37)22-8-5-7-20(16-22)27(31,32)33)21-14-18(15-21)6-3-4-9-23(35)19-10-11-24(34-17-19)38-13-12-26(28,29)30/h5,7-8,10-11,16-18,21H,3-4,6,9,12-15H2,1-2H3. The molecular formula is C27H31F6NO4S. The van der Waals surface area contributed by atoms with Crippen LogP contribution in [0.4, 0.5) is 26.3 Å². The lowest BCUT2D eigenvalue weighted by Crippen LogP contribution is -2.46. The summed E-state index contributed by atoms with van der Waals surface area (Å²) in [5.74, 6) is -0.0556. The van der Waals surface area contributed by atoms with Gasteiger partial charge in [-0.1, -0.05) is 18.9 Å². The monoisotopic (exact) mass is 579 g/mol. The van der Waals surface area contributed by atoms with Crippen molar-refractivity contribution < 1.29 is 44.3 Å². The van der Waals surface area contributed by atoms with Gasteiger partial charge in [-0.3, -0.25) is 4.79 Å². The predicted octanol–water partition coefficient (Wildman–Crippen LogP) is 7.45. The molecule has 1 aromatic heterocycles. The lowest BCUT2D eigenvalue weighted by atomic mass is 9.67. The molecule has 0 saturated heterocycles. The van der Waals surface area contributed by atoms with E-state index in [0.29, 0.717) is 30.9 Å². The van der Waals surface area contributed by atoms with Crippen LogP contribution in [0.5, 0.6) is 5.88 Å². The van der Waals surface area contributed by atoms with Gasteiger partial charge >= 0.3 is 12.4 Å². The van der Waals surface area contributed by atoms with E-state index in [2.05, 4.69) is 4.98 Å². The molecule has 1 aromatic carbocycles. The van der Waals surface area contributed by atoms with Crippen molar-refractivity contribution in [2.45, 2.75) is 80.8 Å². The lowest BCUT2D eigenvalue weighted by molar-refractivity contribution is -0.140. The summed E-state index contributed by atoms with van der Waals surface area (Å²) in [7, 11) is -4.00. The number of ether oxygens (including phenoxy) is 1. The summed E-state index contributed by atoms with van der Waals surface area (Å²) in [6.45, 7) is 2.56. The number of hydrogen-bond acceptors (Lipinski definition) is 5. The van der Waals surface area contributed by atoms with Crippen molar-refractivity contribution in [2.75, 3.05) is 6.61 Å². The topological polar surface area (TPSA) is 73.3 Å². The molecule has 0 spiro atoms. The fourth-order valence-electron chi connectivity index (χ4n) is 4.67. The molecule has 1 aliphatic carbocycles. The number of carbonyl (C=O) groups is 1. The van der Waals surface area contributed by atoms with Gasteiger partial charge in [-0.05, 0) is 69.2 Å². The van der Waals surface area contributed by atoms with E-state index in [1.807, 2.05) is 0 Å². The van der Waals surface area contributed by atoms with E-state index in [1.54, 1.807) is 13.8 Å². The van der Waals surface area contributed by atoms with Gasteiger partial charge in [0, 0.05) is 24.2 Å². The summed E-state index contributed by atoms with van der Waals surface area (Å²) < 4.78 is 106. The smallest absolute Gasteiger partial charge is 0.416 e. The van der Waals surface area contributed by atoms with Crippen LogP contribution in [0.3, 0.4) is 0 Å². The van der Waals surface area contributed by atoms with Crippen LogP contribution in [0.2, 0.25) is 0 Å². The molecular weight excluding hydrogens is 548 g/mol. The Bertz CT molecular complexity index is 1230. The normalized spacial score (nSPS) is 18.5. The molecule has 1 fully saturated rings. The average molecular weight is 580 g/mol. The third-order valence-electron chi connectivity index (χ3n) is 7.34. The summed E-state index contributed by atoms with van der Waals surface area (Å²) in [6.07, 6.45) is -5.09. The molecule has 3 rings (SSSR count). The van der Waals surface area contributed by atoms with Crippen molar-refractivity contribution in [2.24, 2.45) is 11.8 Å². The minimum absolute atomic E-state index is 0.00772. The molecule has 0 N–H and O–H groups in total. The molecule has 1 aliphatic rings. The first-order chi connectivity index (χ1) is 18.0. The molecule has 5 nitrogen and oxygen atoms in total. The van der Waals surface area contributed by atoms with Crippen LogP contribution in [0.25, 0.3) is 0 Å². The number of aromatic nitrogens is 1. The predicted molar refractivity (Wildman–Crippen MR) is 132 cm³/mol. The van der Waals surface area contributed by atoms with Crippen molar-refractivity contribution >= 4 is 15.6 Å². The third kappa shape index (κ3) is 7.95. The zero-order chi connectivity index (χ0) is 29.1. The number of pyridine rings is 1. The SMILES string of the molecule is CC(C)(C1CC(CCCCC(=O)c2ccc(OCCC(F)(F)F)nc2)C1)S(=O)(=O)c1cccc(C(F)(F)F)c1. The molecule has 2 aromatic rings. The van der Waals surface area contributed by atoms with E-state index in [4.69, 9.17) is 4.74 Å². The molecule has 0 unspecified atom stereocenters. The summed E-state index contributed by atoms with van der Waals surface area (Å²) >= 11 is 0. The summed E-state index contributed by atoms with van der Waals surface area (Å²) in [5, 5.41) is 0. The molecule has 39 heavy (non-hydrogen) atoms. The van der Waals surface area contributed by atoms with Crippen LogP contribution in [0.1, 0.15) is 74.7 Å². The number of carbonyl (C=O) groups excluding carboxylic acids is 1. The van der Waals surface area contributed by atoms with E-state index < -0.39 is 45.5 Å². The highest BCUT2D eigenvalue weighted by Gasteiger charge is 2.48. The van der Waals surface area contributed by atoms with Gasteiger partial charge in [0.05, 0.1) is 28.2 Å². The van der Waals surface area contributed by atoms with E-state index in [-0.39, 0.29) is 34.8 Å². The fourth-order valence-corrected chi connectivity index (χ4v) is 6.45. The first-order valence-electron chi connectivity index (χ1n) is 12.6. The molecule has 0 bridgehead atoms. The molecule has 1 saturated carbocycles. The summed E-state index contributed by atoms with van der Waals surface area (Å²) in [5.41, 5.74) is -0.662. The minimum Gasteiger partial charge on any atom is -0.477 e. The Morgan fingerprint density at radius 2 is 1.72 bits per heavy atom. The zero-order valence-electron chi connectivity index (χ0n) is 21.6. The highest BCUT2D eigenvalue weighted by Crippen LogP contribution is 2.48. The van der Waals surface area contributed by atoms with Gasteiger partial charge in [-0.15, -0.1) is 0 Å². The molecule has 216 valence electrons. The number of ketones is 1. The van der Waals surface area contributed by atoms with Crippen LogP contribution >= 0.6 is 0 Å². The molecule has 0 radical (unpaired) electrons. The van der Waals surface area contributed by atoms with E-state index >= 15 is 0 Å².